The molecule has 0 aromatic heterocycles. The monoisotopic (exact) mass is 248 g/mol. The van der Waals surface area contributed by atoms with E-state index in [-0.39, 0.29) is 5.82 Å². The fourth-order valence-electron chi connectivity index (χ4n) is 1.56. The first kappa shape index (κ1) is 12.0. The van der Waals surface area contributed by atoms with Crippen LogP contribution in [-0.4, -0.2) is 0 Å². The molecule has 0 aliphatic rings. The topological polar surface area (TPSA) is 9.23 Å². The molecule has 0 saturated heterocycles. The first-order valence-corrected chi connectivity index (χ1v) is 5.77. The van der Waals surface area contributed by atoms with Crippen molar-refractivity contribution in [2.45, 2.75) is 18.4 Å². The van der Waals surface area contributed by atoms with E-state index in [0.717, 1.165) is 21.8 Å². The van der Waals surface area contributed by atoms with Crippen LogP contribution in [0.4, 0.5) is 4.39 Å². The van der Waals surface area contributed by atoms with Gasteiger partial charge in [0.1, 0.15) is 18.2 Å². The number of thiol groups is 1. The van der Waals surface area contributed by atoms with Crippen LogP contribution in [0.3, 0.4) is 0 Å². The third-order valence-electron chi connectivity index (χ3n) is 2.52. The van der Waals surface area contributed by atoms with E-state index >= 15 is 0 Å². The van der Waals surface area contributed by atoms with Crippen LogP contribution in [0.5, 0.6) is 5.75 Å². The summed E-state index contributed by atoms with van der Waals surface area (Å²) in [6, 6.07) is 12.2. The highest BCUT2D eigenvalue weighted by Gasteiger charge is 2.01. The molecule has 17 heavy (non-hydrogen) atoms. The summed E-state index contributed by atoms with van der Waals surface area (Å²) in [5, 5.41) is 0. The van der Waals surface area contributed by atoms with Crippen molar-refractivity contribution in [2.24, 2.45) is 0 Å². The maximum atomic E-state index is 12.9. The number of benzene rings is 2. The summed E-state index contributed by atoms with van der Waals surface area (Å²) in [7, 11) is 0. The lowest BCUT2D eigenvalue weighted by molar-refractivity contribution is 0.304. The number of ether oxygens (including phenoxy) is 1. The van der Waals surface area contributed by atoms with Gasteiger partial charge in [0.05, 0.1) is 0 Å². The second-order valence-electron chi connectivity index (χ2n) is 3.86. The number of rotatable bonds is 3. The molecule has 0 bridgehead atoms. The molecule has 0 atom stereocenters. The van der Waals surface area contributed by atoms with Crippen molar-refractivity contribution in [1.82, 2.24) is 0 Å². The third kappa shape index (κ3) is 3.24. The maximum Gasteiger partial charge on any atom is 0.123 e. The molecule has 88 valence electrons. The number of hydrogen-bond acceptors (Lipinski definition) is 2. The lowest BCUT2D eigenvalue weighted by Crippen LogP contribution is -1.98. The van der Waals surface area contributed by atoms with Gasteiger partial charge in [-0.1, -0.05) is 12.1 Å². The van der Waals surface area contributed by atoms with Crippen LogP contribution >= 0.6 is 12.6 Å². The van der Waals surface area contributed by atoms with Gasteiger partial charge in [0.25, 0.3) is 0 Å². The highest BCUT2D eigenvalue weighted by molar-refractivity contribution is 7.80. The molecule has 0 aliphatic heterocycles. The average molecular weight is 248 g/mol. The molecule has 0 saturated carbocycles. The SMILES string of the molecule is Cc1cc(F)ccc1COc1cccc(S)c1. The summed E-state index contributed by atoms with van der Waals surface area (Å²) in [5.41, 5.74) is 1.88. The van der Waals surface area contributed by atoms with E-state index < -0.39 is 0 Å². The summed E-state index contributed by atoms with van der Waals surface area (Å²) < 4.78 is 18.5. The fraction of sp³-hybridized carbons (Fsp3) is 0.143. The predicted molar refractivity (Wildman–Crippen MR) is 69.2 cm³/mol. The lowest BCUT2D eigenvalue weighted by atomic mass is 10.1. The summed E-state index contributed by atoms with van der Waals surface area (Å²) >= 11 is 4.24. The minimum absolute atomic E-state index is 0.219. The Hall–Kier alpha value is -1.48. The van der Waals surface area contributed by atoms with Crippen LogP contribution in [-0.2, 0) is 6.61 Å². The van der Waals surface area contributed by atoms with Gasteiger partial charge in [-0.3, -0.25) is 0 Å². The molecule has 0 fully saturated rings. The van der Waals surface area contributed by atoms with Crippen molar-refractivity contribution < 1.29 is 9.13 Å². The Labute approximate surface area is 106 Å². The second kappa shape index (κ2) is 5.23. The molecule has 2 aromatic carbocycles. The van der Waals surface area contributed by atoms with Crippen molar-refractivity contribution in [3.05, 3.63) is 59.4 Å². The van der Waals surface area contributed by atoms with E-state index in [4.69, 9.17) is 4.74 Å². The van der Waals surface area contributed by atoms with Crippen molar-refractivity contribution in [1.29, 1.82) is 0 Å². The molecule has 2 rings (SSSR count). The zero-order valence-corrected chi connectivity index (χ0v) is 10.4. The van der Waals surface area contributed by atoms with Gasteiger partial charge in [-0.15, -0.1) is 12.6 Å². The fourth-order valence-corrected chi connectivity index (χ4v) is 1.77. The predicted octanol–water partition coefficient (Wildman–Crippen LogP) is 4.00. The smallest absolute Gasteiger partial charge is 0.123 e. The lowest BCUT2D eigenvalue weighted by Gasteiger charge is -2.09. The van der Waals surface area contributed by atoms with Gasteiger partial charge >= 0.3 is 0 Å². The summed E-state index contributed by atoms with van der Waals surface area (Å²) in [5.74, 6) is 0.546. The molecular formula is C14H13FOS. The zero-order chi connectivity index (χ0) is 12.3. The molecule has 0 aliphatic carbocycles. The minimum atomic E-state index is -0.219. The second-order valence-corrected chi connectivity index (χ2v) is 4.37. The van der Waals surface area contributed by atoms with Crippen LogP contribution in [0.15, 0.2) is 47.4 Å². The quantitative estimate of drug-likeness (QED) is 0.808. The van der Waals surface area contributed by atoms with Gasteiger partial charge in [0.15, 0.2) is 0 Å². The Balaban J connectivity index is 2.07. The number of hydrogen-bond donors (Lipinski definition) is 1. The molecule has 1 nitrogen and oxygen atoms in total. The van der Waals surface area contributed by atoms with E-state index in [1.165, 1.54) is 12.1 Å². The van der Waals surface area contributed by atoms with E-state index in [0.29, 0.717) is 6.61 Å². The van der Waals surface area contributed by atoms with Crippen molar-refractivity contribution in [3.8, 4) is 5.75 Å². The highest BCUT2D eigenvalue weighted by Crippen LogP contribution is 2.18. The summed E-state index contributed by atoms with van der Waals surface area (Å²) in [6.45, 7) is 2.31. The van der Waals surface area contributed by atoms with Crippen LogP contribution < -0.4 is 4.74 Å². The van der Waals surface area contributed by atoms with E-state index in [1.807, 2.05) is 31.2 Å². The summed E-state index contributed by atoms with van der Waals surface area (Å²) in [6.07, 6.45) is 0. The Morgan fingerprint density at radius 2 is 2.00 bits per heavy atom. The first-order valence-electron chi connectivity index (χ1n) is 5.32. The minimum Gasteiger partial charge on any atom is -0.489 e. The van der Waals surface area contributed by atoms with Crippen LogP contribution in [0.2, 0.25) is 0 Å². The maximum absolute atomic E-state index is 12.9. The normalized spacial score (nSPS) is 10.3. The van der Waals surface area contributed by atoms with Crippen molar-refractivity contribution in [3.63, 3.8) is 0 Å². The van der Waals surface area contributed by atoms with E-state index in [2.05, 4.69) is 12.6 Å². The summed E-state index contributed by atoms with van der Waals surface area (Å²) in [4.78, 5) is 0.860. The van der Waals surface area contributed by atoms with Crippen LogP contribution in [0.25, 0.3) is 0 Å². The Kier molecular flexibility index (Phi) is 3.69. The van der Waals surface area contributed by atoms with E-state index in [1.54, 1.807) is 6.07 Å². The molecule has 3 heteroatoms. The third-order valence-corrected chi connectivity index (χ3v) is 2.79. The van der Waals surface area contributed by atoms with Crippen molar-refractivity contribution >= 4 is 12.6 Å². The Morgan fingerprint density at radius 3 is 2.71 bits per heavy atom. The largest absolute Gasteiger partial charge is 0.489 e. The molecular weight excluding hydrogens is 235 g/mol. The molecule has 0 amide bonds. The van der Waals surface area contributed by atoms with Crippen LogP contribution in [0.1, 0.15) is 11.1 Å². The highest BCUT2D eigenvalue weighted by atomic mass is 32.1. The average Bonchev–Trinajstić information content (AvgIpc) is 2.28. The van der Waals surface area contributed by atoms with Gasteiger partial charge in [-0.25, -0.2) is 4.39 Å². The van der Waals surface area contributed by atoms with Crippen molar-refractivity contribution in [2.75, 3.05) is 0 Å². The molecule has 2 aromatic rings. The molecule has 0 N–H and O–H groups in total. The number of aryl methyl sites for hydroxylation is 1. The standard InChI is InChI=1S/C14H13FOS/c1-10-7-12(15)6-5-11(10)9-16-13-3-2-4-14(17)8-13/h2-8,17H,9H2,1H3. The zero-order valence-electron chi connectivity index (χ0n) is 9.48. The molecule has 0 heterocycles. The van der Waals surface area contributed by atoms with Gasteiger partial charge in [0.2, 0.25) is 0 Å². The van der Waals surface area contributed by atoms with Gasteiger partial charge in [-0.05, 0) is 48.4 Å². The Morgan fingerprint density at radius 1 is 1.18 bits per heavy atom. The molecule has 0 spiro atoms. The van der Waals surface area contributed by atoms with Gasteiger partial charge < -0.3 is 4.74 Å². The Bertz CT molecular complexity index is 525. The van der Waals surface area contributed by atoms with Crippen LogP contribution in [0, 0.1) is 12.7 Å². The van der Waals surface area contributed by atoms with E-state index in [9.17, 15) is 4.39 Å². The molecule has 0 unspecified atom stereocenters. The van der Waals surface area contributed by atoms with Gasteiger partial charge in [0, 0.05) is 4.90 Å². The number of halogens is 1. The molecule has 0 radical (unpaired) electrons. The van der Waals surface area contributed by atoms with Gasteiger partial charge in [-0.2, -0.15) is 0 Å². The first-order chi connectivity index (χ1) is 8.15.